The maximum atomic E-state index is 13.2. The molecule has 6 rings (SSSR count). The summed E-state index contributed by atoms with van der Waals surface area (Å²) in [6.07, 6.45) is 1.79. The van der Waals surface area contributed by atoms with Crippen molar-refractivity contribution in [3.05, 3.63) is 66.5 Å². The Morgan fingerprint density at radius 3 is 2.42 bits per heavy atom. The average Bonchev–Trinajstić information content (AvgIpc) is 3.53. The Hall–Kier alpha value is -4.34. The number of carbonyl (C=O) groups is 2. The van der Waals surface area contributed by atoms with E-state index in [1.807, 2.05) is 66.4 Å². The molecule has 0 aliphatic carbocycles. The molecule has 4 aromatic rings. The molecule has 2 aliphatic heterocycles. The van der Waals surface area contributed by atoms with Crippen molar-refractivity contribution in [3.63, 3.8) is 0 Å². The molecule has 4 heterocycles. The number of hydrogen-bond donors (Lipinski definition) is 0. The van der Waals surface area contributed by atoms with Gasteiger partial charge in [0.2, 0.25) is 11.8 Å². The highest BCUT2D eigenvalue weighted by molar-refractivity contribution is 6.00. The van der Waals surface area contributed by atoms with Gasteiger partial charge in [-0.1, -0.05) is 41.1 Å². The second-order valence-electron chi connectivity index (χ2n) is 9.26. The van der Waals surface area contributed by atoms with Crippen LogP contribution in [-0.2, 0) is 9.59 Å². The van der Waals surface area contributed by atoms with Crippen molar-refractivity contribution in [1.82, 2.24) is 29.9 Å². The van der Waals surface area contributed by atoms with Crippen molar-refractivity contribution in [2.75, 3.05) is 42.5 Å². The van der Waals surface area contributed by atoms with Crippen LogP contribution in [0.3, 0.4) is 0 Å². The molecular formula is C26H26N8O2. The number of nitrogens with zero attached hydrogens (tertiary/aromatic N) is 8. The maximum Gasteiger partial charge on any atom is 0.228 e. The van der Waals surface area contributed by atoms with Crippen molar-refractivity contribution in [3.8, 4) is 5.69 Å². The molecule has 0 spiro atoms. The van der Waals surface area contributed by atoms with Crippen LogP contribution in [0.4, 0.5) is 11.5 Å². The third kappa shape index (κ3) is 3.94. The maximum absolute atomic E-state index is 13.2. The molecule has 2 amide bonds. The van der Waals surface area contributed by atoms with Crippen LogP contribution in [0.25, 0.3) is 16.9 Å². The van der Waals surface area contributed by atoms with Gasteiger partial charge in [-0.2, -0.15) is 4.68 Å². The molecule has 2 aromatic heterocycles. The van der Waals surface area contributed by atoms with Gasteiger partial charge in [-0.25, -0.2) is 9.97 Å². The van der Waals surface area contributed by atoms with E-state index in [0.717, 1.165) is 17.2 Å². The number of aryl methyl sites for hydroxylation is 1. The number of fused-ring (bicyclic) bond motifs is 1. The standard InChI is InChI=1S/C26H26N8O2/c1-18-7-9-21(10-8-18)34-25-23(29-30-34)24(27-17-28-25)31-11-13-32(14-12-31)26(36)19-15-22(35)33(16-19)20-5-3-2-4-6-20/h2-10,17,19H,11-16H2,1H3/t19-/m0/s1. The number of para-hydroxylation sites is 1. The van der Waals surface area contributed by atoms with Crippen molar-refractivity contribution in [2.24, 2.45) is 5.92 Å². The minimum atomic E-state index is -0.315. The first-order valence-corrected chi connectivity index (χ1v) is 12.1. The summed E-state index contributed by atoms with van der Waals surface area (Å²) in [5, 5.41) is 8.70. The van der Waals surface area contributed by atoms with E-state index in [4.69, 9.17) is 0 Å². The number of carbonyl (C=O) groups excluding carboxylic acids is 2. The molecular weight excluding hydrogens is 456 g/mol. The summed E-state index contributed by atoms with van der Waals surface area (Å²) >= 11 is 0. The molecule has 1 atom stereocenters. The first kappa shape index (κ1) is 22.1. The second kappa shape index (κ2) is 9.03. The predicted octanol–water partition coefficient (Wildman–Crippen LogP) is 2.22. The average molecular weight is 483 g/mol. The summed E-state index contributed by atoms with van der Waals surface area (Å²) in [5.41, 5.74) is 4.18. The van der Waals surface area contributed by atoms with Gasteiger partial charge in [0, 0.05) is 44.8 Å². The van der Waals surface area contributed by atoms with Crippen molar-refractivity contribution < 1.29 is 9.59 Å². The molecule has 0 unspecified atom stereocenters. The Kier molecular flexibility index (Phi) is 5.55. The lowest BCUT2D eigenvalue weighted by Gasteiger charge is -2.36. The van der Waals surface area contributed by atoms with Gasteiger partial charge in [0.05, 0.1) is 11.6 Å². The lowest BCUT2D eigenvalue weighted by Crippen LogP contribution is -2.51. The van der Waals surface area contributed by atoms with Crippen LogP contribution >= 0.6 is 0 Å². The minimum absolute atomic E-state index is 0.00164. The van der Waals surface area contributed by atoms with Crippen molar-refractivity contribution >= 4 is 34.5 Å². The molecule has 10 nitrogen and oxygen atoms in total. The van der Waals surface area contributed by atoms with E-state index in [-0.39, 0.29) is 24.2 Å². The zero-order valence-electron chi connectivity index (χ0n) is 20.0. The predicted molar refractivity (Wildman–Crippen MR) is 135 cm³/mol. The molecule has 2 fully saturated rings. The quantitative estimate of drug-likeness (QED) is 0.440. The lowest BCUT2D eigenvalue weighted by atomic mass is 10.1. The number of rotatable bonds is 4. The second-order valence-corrected chi connectivity index (χ2v) is 9.26. The van der Waals surface area contributed by atoms with Crippen LogP contribution in [0.15, 0.2) is 60.9 Å². The van der Waals surface area contributed by atoms with Crippen LogP contribution < -0.4 is 9.80 Å². The summed E-state index contributed by atoms with van der Waals surface area (Å²) < 4.78 is 1.72. The summed E-state index contributed by atoms with van der Waals surface area (Å²) in [6, 6.07) is 17.6. The number of benzene rings is 2. The van der Waals surface area contributed by atoms with Gasteiger partial charge in [-0.05, 0) is 31.2 Å². The zero-order chi connectivity index (χ0) is 24.6. The molecule has 0 bridgehead atoms. The fourth-order valence-electron chi connectivity index (χ4n) is 4.96. The van der Waals surface area contributed by atoms with E-state index in [1.54, 1.807) is 9.58 Å². The lowest BCUT2D eigenvalue weighted by molar-refractivity contribution is -0.136. The third-order valence-corrected chi connectivity index (χ3v) is 6.93. The SMILES string of the molecule is Cc1ccc(-n2nnc3c(N4CCN(C(=O)[C@H]5CC(=O)N(c6ccccc6)C5)CC4)ncnc32)cc1. The zero-order valence-corrected chi connectivity index (χ0v) is 20.0. The molecule has 2 aromatic carbocycles. The minimum Gasteiger partial charge on any atom is -0.351 e. The summed E-state index contributed by atoms with van der Waals surface area (Å²) in [5.74, 6) is 0.444. The molecule has 2 saturated heterocycles. The molecule has 182 valence electrons. The van der Waals surface area contributed by atoms with Crippen LogP contribution in [0, 0.1) is 12.8 Å². The van der Waals surface area contributed by atoms with Gasteiger partial charge < -0.3 is 14.7 Å². The highest BCUT2D eigenvalue weighted by Gasteiger charge is 2.38. The van der Waals surface area contributed by atoms with Crippen LogP contribution in [0.5, 0.6) is 0 Å². The molecule has 10 heteroatoms. The summed E-state index contributed by atoms with van der Waals surface area (Å²) in [4.78, 5) is 40.4. The van der Waals surface area contributed by atoms with Gasteiger partial charge in [0.1, 0.15) is 6.33 Å². The number of amides is 2. The van der Waals surface area contributed by atoms with Gasteiger partial charge in [0.15, 0.2) is 17.0 Å². The fourth-order valence-corrected chi connectivity index (χ4v) is 4.96. The van der Waals surface area contributed by atoms with E-state index in [2.05, 4.69) is 25.2 Å². The topological polar surface area (TPSA) is 100 Å². The Morgan fingerprint density at radius 1 is 0.917 bits per heavy atom. The third-order valence-electron chi connectivity index (χ3n) is 6.93. The Labute approximate surface area is 208 Å². The Morgan fingerprint density at radius 2 is 1.67 bits per heavy atom. The van der Waals surface area contributed by atoms with Crippen molar-refractivity contribution in [1.29, 1.82) is 0 Å². The van der Waals surface area contributed by atoms with Crippen LogP contribution in [0.2, 0.25) is 0 Å². The Bertz CT molecular complexity index is 1410. The largest absolute Gasteiger partial charge is 0.351 e. The van der Waals surface area contributed by atoms with Gasteiger partial charge in [0.25, 0.3) is 0 Å². The molecule has 2 aliphatic rings. The smallest absolute Gasteiger partial charge is 0.228 e. The van der Waals surface area contributed by atoms with Crippen LogP contribution in [0.1, 0.15) is 12.0 Å². The van der Waals surface area contributed by atoms with E-state index in [0.29, 0.717) is 43.9 Å². The highest BCUT2D eigenvalue weighted by Crippen LogP contribution is 2.28. The number of hydrogen-bond acceptors (Lipinski definition) is 7. The van der Waals surface area contributed by atoms with E-state index < -0.39 is 0 Å². The van der Waals surface area contributed by atoms with Gasteiger partial charge >= 0.3 is 0 Å². The fraction of sp³-hybridized carbons (Fsp3) is 0.308. The summed E-state index contributed by atoms with van der Waals surface area (Å²) in [7, 11) is 0. The molecule has 36 heavy (non-hydrogen) atoms. The van der Waals surface area contributed by atoms with Gasteiger partial charge in [-0.15, -0.1) is 5.10 Å². The first-order valence-electron chi connectivity index (χ1n) is 12.1. The van der Waals surface area contributed by atoms with E-state index in [1.165, 1.54) is 11.9 Å². The number of piperazine rings is 1. The Balaban J connectivity index is 1.14. The number of anilines is 2. The monoisotopic (exact) mass is 482 g/mol. The molecule has 0 saturated carbocycles. The first-order chi connectivity index (χ1) is 17.6. The van der Waals surface area contributed by atoms with E-state index in [9.17, 15) is 9.59 Å². The van der Waals surface area contributed by atoms with E-state index >= 15 is 0 Å². The summed E-state index contributed by atoms with van der Waals surface area (Å²) in [6.45, 7) is 4.84. The number of aromatic nitrogens is 5. The van der Waals surface area contributed by atoms with Crippen LogP contribution in [-0.4, -0.2) is 74.4 Å². The normalized spacial score (nSPS) is 18.3. The van der Waals surface area contributed by atoms with Gasteiger partial charge in [-0.3, -0.25) is 9.59 Å². The molecule has 0 radical (unpaired) electrons. The van der Waals surface area contributed by atoms with Crippen molar-refractivity contribution in [2.45, 2.75) is 13.3 Å². The highest BCUT2D eigenvalue weighted by atomic mass is 16.2. The molecule has 0 N–H and O–H groups in total.